The number of aliphatic imine (C=N–C) groups is 1. The molecule has 0 unspecified atom stereocenters. The van der Waals surface area contributed by atoms with E-state index in [0.29, 0.717) is 54.8 Å². The largest absolute Gasteiger partial charge is 0.454 e. The molecule has 0 fully saturated rings. The van der Waals surface area contributed by atoms with Gasteiger partial charge in [0, 0.05) is 26.3 Å². The second-order valence-corrected chi connectivity index (χ2v) is 8.06. The molecule has 0 radical (unpaired) electrons. The van der Waals surface area contributed by atoms with Crippen LogP contribution >= 0.6 is 0 Å². The number of alkyl carbamates (subject to hydrolysis) is 1. The van der Waals surface area contributed by atoms with E-state index in [1.54, 1.807) is 17.2 Å². The lowest BCUT2D eigenvalue weighted by molar-refractivity contribution is 0.143. The Hall–Kier alpha value is -4.28. The molecule has 0 saturated carbocycles. The quantitative estimate of drug-likeness (QED) is 0.337. The van der Waals surface area contributed by atoms with Crippen molar-refractivity contribution in [2.45, 2.75) is 32.9 Å². The lowest BCUT2D eigenvalue weighted by Crippen LogP contribution is -2.24. The molecule has 3 N–H and O–H groups in total. The summed E-state index contributed by atoms with van der Waals surface area (Å²) in [5.41, 5.74) is 9.41. The van der Waals surface area contributed by atoms with E-state index in [1.807, 2.05) is 42.8 Å². The van der Waals surface area contributed by atoms with Crippen LogP contribution in [0.5, 0.6) is 11.5 Å². The summed E-state index contributed by atoms with van der Waals surface area (Å²) < 4.78 is 19.6. The van der Waals surface area contributed by atoms with Gasteiger partial charge in [-0.25, -0.2) is 14.8 Å². The number of aryl methyl sites for hydroxylation is 2. The first-order valence-electron chi connectivity index (χ1n) is 11.2. The van der Waals surface area contributed by atoms with Crippen molar-refractivity contribution in [3.05, 3.63) is 60.3 Å². The molecule has 1 amide bonds. The zero-order valence-corrected chi connectivity index (χ0v) is 19.9. The van der Waals surface area contributed by atoms with Crippen LogP contribution in [0.25, 0.3) is 5.70 Å². The Morgan fingerprint density at radius 1 is 1.29 bits per heavy atom. The van der Waals surface area contributed by atoms with E-state index in [4.69, 9.17) is 24.9 Å². The number of aromatic nitrogens is 4. The highest BCUT2D eigenvalue weighted by Gasteiger charge is 2.15. The van der Waals surface area contributed by atoms with E-state index >= 15 is 0 Å². The Labute approximate surface area is 203 Å². The normalized spacial score (nSPS) is 12.6. The van der Waals surface area contributed by atoms with Crippen LogP contribution in [0.4, 0.5) is 10.6 Å². The fourth-order valence-electron chi connectivity index (χ4n) is 3.65. The molecule has 11 nitrogen and oxygen atoms in total. The van der Waals surface area contributed by atoms with E-state index < -0.39 is 6.09 Å². The first-order chi connectivity index (χ1) is 16.9. The fraction of sp³-hybridized carbons (Fsp3) is 0.333. The van der Waals surface area contributed by atoms with Crippen molar-refractivity contribution >= 4 is 23.3 Å². The molecule has 1 aliphatic rings. The number of imidazole rings is 1. The fourth-order valence-corrected chi connectivity index (χ4v) is 3.65. The van der Waals surface area contributed by atoms with Gasteiger partial charge in [-0.15, -0.1) is 0 Å². The van der Waals surface area contributed by atoms with Gasteiger partial charge in [-0.2, -0.15) is 5.10 Å². The molecule has 35 heavy (non-hydrogen) atoms. The van der Waals surface area contributed by atoms with E-state index in [2.05, 4.69) is 22.0 Å². The molecule has 0 spiro atoms. The number of carbonyl (C=O) groups excluding carboxylic acids is 1. The molecule has 4 rings (SSSR count). The van der Waals surface area contributed by atoms with Crippen LogP contribution < -0.4 is 20.5 Å². The van der Waals surface area contributed by atoms with Crippen LogP contribution in [0.15, 0.2) is 48.4 Å². The average Bonchev–Trinajstić information content (AvgIpc) is 3.57. The number of nitrogens with zero attached hydrogens (tertiary/aromatic N) is 5. The third-order valence-corrected chi connectivity index (χ3v) is 5.48. The maximum atomic E-state index is 12.0. The van der Waals surface area contributed by atoms with Gasteiger partial charge >= 0.3 is 6.09 Å². The van der Waals surface area contributed by atoms with Gasteiger partial charge in [-0.1, -0.05) is 12.6 Å². The van der Waals surface area contributed by atoms with Crippen molar-refractivity contribution in [1.29, 1.82) is 0 Å². The summed E-state index contributed by atoms with van der Waals surface area (Å²) in [5.74, 6) is 2.02. The van der Waals surface area contributed by atoms with Crippen molar-refractivity contribution in [3.8, 4) is 11.5 Å². The van der Waals surface area contributed by atoms with Crippen LogP contribution in [-0.4, -0.2) is 44.5 Å². The van der Waals surface area contributed by atoms with Gasteiger partial charge in [-0.05, 0) is 43.5 Å². The van der Waals surface area contributed by atoms with Gasteiger partial charge in [0.2, 0.25) is 6.79 Å². The molecule has 3 heterocycles. The summed E-state index contributed by atoms with van der Waals surface area (Å²) in [7, 11) is 1.86. The minimum Gasteiger partial charge on any atom is -0.454 e. The highest BCUT2D eigenvalue weighted by molar-refractivity contribution is 5.99. The highest BCUT2D eigenvalue weighted by Crippen LogP contribution is 2.32. The summed E-state index contributed by atoms with van der Waals surface area (Å²) in [6.07, 6.45) is 4.39. The van der Waals surface area contributed by atoms with Crippen molar-refractivity contribution in [1.82, 2.24) is 24.6 Å². The Morgan fingerprint density at radius 3 is 2.89 bits per heavy atom. The van der Waals surface area contributed by atoms with E-state index in [0.717, 1.165) is 23.4 Å². The number of unbranched alkanes of at least 4 members (excludes halogenated alkanes) is 1. The number of benzene rings is 1. The minimum absolute atomic E-state index is 0.216. The van der Waals surface area contributed by atoms with Gasteiger partial charge in [0.1, 0.15) is 5.69 Å². The van der Waals surface area contributed by atoms with E-state index in [1.165, 1.54) is 0 Å². The SMILES string of the molecule is C=C(N)c1ncn(CCCCOC(=O)NCc2ccc3c(c2)OCO3)c1N=C(C)c1ccnn1C. The van der Waals surface area contributed by atoms with Crippen LogP contribution in [0.2, 0.25) is 0 Å². The van der Waals surface area contributed by atoms with Crippen molar-refractivity contribution < 1.29 is 19.0 Å². The van der Waals surface area contributed by atoms with Gasteiger partial charge in [0.15, 0.2) is 17.3 Å². The summed E-state index contributed by atoms with van der Waals surface area (Å²) in [6.45, 7) is 7.21. The summed E-state index contributed by atoms with van der Waals surface area (Å²) in [5, 5.41) is 6.93. The molecule has 11 heteroatoms. The Morgan fingerprint density at radius 2 is 2.11 bits per heavy atom. The number of ether oxygens (including phenoxy) is 3. The predicted octanol–water partition coefficient (Wildman–Crippen LogP) is 3.12. The maximum absolute atomic E-state index is 12.0. The number of nitrogens with one attached hydrogen (secondary N) is 1. The van der Waals surface area contributed by atoms with Gasteiger partial charge in [-0.3, -0.25) is 4.68 Å². The number of rotatable bonds is 10. The topological polar surface area (TPSA) is 131 Å². The molecule has 184 valence electrons. The molecule has 1 aromatic carbocycles. The van der Waals surface area contributed by atoms with Crippen LogP contribution in [0, 0.1) is 0 Å². The van der Waals surface area contributed by atoms with Gasteiger partial charge < -0.3 is 29.8 Å². The number of carbonyl (C=O) groups is 1. The van der Waals surface area contributed by atoms with Crippen molar-refractivity contribution in [3.63, 3.8) is 0 Å². The van der Waals surface area contributed by atoms with Gasteiger partial charge in [0.25, 0.3) is 0 Å². The molecule has 2 aromatic heterocycles. The minimum atomic E-state index is -0.468. The number of fused-ring (bicyclic) bond motifs is 1. The Balaban J connectivity index is 1.25. The first-order valence-corrected chi connectivity index (χ1v) is 11.2. The first kappa shape index (κ1) is 23.9. The monoisotopic (exact) mass is 479 g/mol. The summed E-state index contributed by atoms with van der Waals surface area (Å²) in [4.78, 5) is 21.1. The summed E-state index contributed by atoms with van der Waals surface area (Å²) in [6, 6.07) is 7.43. The summed E-state index contributed by atoms with van der Waals surface area (Å²) >= 11 is 0. The lowest BCUT2D eigenvalue weighted by atomic mass is 10.2. The average molecular weight is 480 g/mol. The maximum Gasteiger partial charge on any atom is 0.407 e. The predicted molar refractivity (Wildman–Crippen MR) is 131 cm³/mol. The highest BCUT2D eigenvalue weighted by atomic mass is 16.7. The Bertz CT molecular complexity index is 1240. The van der Waals surface area contributed by atoms with Gasteiger partial charge in [0.05, 0.1) is 30.0 Å². The second-order valence-electron chi connectivity index (χ2n) is 8.06. The molecule has 0 bridgehead atoms. The molecule has 0 saturated heterocycles. The van der Waals surface area contributed by atoms with E-state index in [-0.39, 0.29) is 6.79 Å². The zero-order valence-electron chi connectivity index (χ0n) is 19.9. The molecular weight excluding hydrogens is 450 g/mol. The Kier molecular flexibility index (Phi) is 7.34. The molecule has 3 aromatic rings. The number of nitrogens with two attached hydrogens (primary N) is 1. The number of amides is 1. The number of hydrogen-bond acceptors (Lipinski definition) is 8. The van der Waals surface area contributed by atoms with Crippen LogP contribution in [0.3, 0.4) is 0 Å². The third-order valence-electron chi connectivity index (χ3n) is 5.48. The van der Waals surface area contributed by atoms with Crippen LogP contribution in [-0.2, 0) is 24.9 Å². The van der Waals surface area contributed by atoms with Crippen molar-refractivity contribution in [2.75, 3.05) is 13.4 Å². The zero-order chi connectivity index (χ0) is 24.8. The molecule has 0 atom stereocenters. The number of hydrogen-bond donors (Lipinski definition) is 2. The van der Waals surface area contributed by atoms with Crippen LogP contribution in [0.1, 0.15) is 36.7 Å². The molecule has 0 aliphatic carbocycles. The molecule has 1 aliphatic heterocycles. The smallest absolute Gasteiger partial charge is 0.407 e. The third kappa shape index (κ3) is 5.81. The van der Waals surface area contributed by atoms with Crippen molar-refractivity contribution in [2.24, 2.45) is 17.8 Å². The van der Waals surface area contributed by atoms with E-state index in [9.17, 15) is 4.79 Å². The molecular formula is C24H29N7O4. The standard InChI is InChI=1S/C24H29N7O4/c1-16(25)22-23(29-17(2)19-8-9-28-30(19)3)31(14-27-22)10-4-5-11-33-24(32)26-13-18-6-7-20-21(12-18)35-15-34-20/h6-9,12,14H,1,4-5,10-11,13,15,25H2,2-3H3,(H,26,32). The second kappa shape index (κ2) is 10.8. The lowest BCUT2D eigenvalue weighted by Gasteiger charge is -2.09.